The second-order valence-electron chi connectivity index (χ2n) is 8.83. The number of nitrogens with one attached hydrogen (secondary N) is 1. The van der Waals surface area contributed by atoms with E-state index in [2.05, 4.69) is 66.6 Å². The summed E-state index contributed by atoms with van der Waals surface area (Å²) < 4.78 is 8.83. The first-order valence-electron chi connectivity index (χ1n) is 11.6. The van der Waals surface area contributed by atoms with Gasteiger partial charge in [0, 0.05) is 42.9 Å². The van der Waals surface area contributed by atoms with Crippen LogP contribution < -0.4 is 5.32 Å². The van der Waals surface area contributed by atoms with Crippen molar-refractivity contribution in [1.29, 1.82) is 0 Å². The number of benzene rings is 1. The maximum atomic E-state index is 6.08. The molecule has 1 unspecified atom stereocenters. The Balaban J connectivity index is 1.24. The van der Waals surface area contributed by atoms with E-state index in [1.165, 1.54) is 0 Å². The van der Waals surface area contributed by atoms with Gasteiger partial charge in [-0.05, 0) is 59.1 Å². The van der Waals surface area contributed by atoms with Crippen LogP contribution in [0.25, 0.3) is 16.6 Å². The number of furan rings is 1. The number of halogens is 1. The van der Waals surface area contributed by atoms with E-state index in [4.69, 9.17) is 9.40 Å². The number of aromatic nitrogens is 4. The smallest absolute Gasteiger partial charge is 0.171 e. The number of nitrogens with zero attached hydrogens (tertiary/aromatic N) is 5. The van der Waals surface area contributed by atoms with Gasteiger partial charge in [-0.15, -0.1) is 0 Å². The Labute approximate surface area is 205 Å². The molecule has 4 aromatic heterocycles. The van der Waals surface area contributed by atoms with Crippen LogP contribution >= 0.6 is 15.9 Å². The van der Waals surface area contributed by atoms with Crippen molar-refractivity contribution in [3.63, 3.8) is 0 Å². The van der Waals surface area contributed by atoms with Crippen molar-refractivity contribution in [3.05, 3.63) is 88.6 Å². The van der Waals surface area contributed by atoms with E-state index in [1.54, 1.807) is 12.4 Å². The summed E-state index contributed by atoms with van der Waals surface area (Å²) in [5.41, 5.74) is 4.00. The van der Waals surface area contributed by atoms with Crippen molar-refractivity contribution in [2.45, 2.75) is 31.8 Å². The lowest BCUT2D eigenvalue weighted by Gasteiger charge is -2.32. The number of pyridine rings is 1. The molecule has 34 heavy (non-hydrogen) atoms. The van der Waals surface area contributed by atoms with Gasteiger partial charge in [-0.25, -0.2) is 4.98 Å². The standard InChI is InChI=1S/C26H25BrN6O/c27-22-15-30-33-25(29-14-18-5-3-9-28-13-18)12-23(31-26(22)33)20-7-4-10-32(16-20)17-21-11-19-6-1-2-8-24(19)34-21/h1-3,5-6,8-9,11-13,15,20,29H,4,7,10,14,16-17H2. The van der Waals surface area contributed by atoms with E-state index in [1.807, 2.05) is 28.9 Å². The summed E-state index contributed by atoms with van der Waals surface area (Å²) in [5.74, 6) is 2.30. The number of anilines is 1. The minimum Gasteiger partial charge on any atom is -0.460 e. The Hall–Kier alpha value is -3.23. The summed E-state index contributed by atoms with van der Waals surface area (Å²) in [6, 6.07) is 16.5. The summed E-state index contributed by atoms with van der Waals surface area (Å²) >= 11 is 3.62. The van der Waals surface area contributed by atoms with E-state index in [9.17, 15) is 0 Å². The molecule has 1 atom stereocenters. The molecule has 1 aliphatic rings. The van der Waals surface area contributed by atoms with Crippen molar-refractivity contribution < 1.29 is 4.42 Å². The number of hydrogen-bond donors (Lipinski definition) is 1. The van der Waals surface area contributed by atoms with Crippen LogP contribution in [0.3, 0.4) is 0 Å². The first-order valence-corrected chi connectivity index (χ1v) is 12.4. The van der Waals surface area contributed by atoms with Crippen LogP contribution in [-0.4, -0.2) is 37.6 Å². The Morgan fingerprint density at radius 3 is 2.94 bits per heavy atom. The number of piperidine rings is 1. The highest BCUT2D eigenvalue weighted by atomic mass is 79.9. The Morgan fingerprint density at radius 1 is 1.12 bits per heavy atom. The summed E-state index contributed by atoms with van der Waals surface area (Å²) in [7, 11) is 0. The Morgan fingerprint density at radius 2 is 2.06 bits per heavy atom. The normalized spacial score (nSPS) is 16.9. The lowest BCUT2D eigenvalue weighted by Crippen LogP contribution is -2.34. The maximum Gasteiger partial charge on any atom is 0.171 e. The number of fused-ring (bicyclic) bond motifs is 2. The predicted molar refractivity (Wildman–Crippen MR) is 136 cm³/mol. The number of likely N-dealkylation sites (tertiary alicyclic amines) is 1. The van der Waals surface area contributed by atoms with Crippen molar-refractivity contribution in [1.82, 2.24) is 24.5 Å². The van der Waals surface area contributed by atoms with Gasteiger partial charge in [0.25, 0.3) is 0 Å². The molecule has 1 aromatic carbocycles. The molecule has 0 saturated carbocycles. The molecular weight excluding hydrogens is 492 g/mol. The van der Waals surface area contributed by atoms with Gasteiger partial charge >= 0.3 is 0 Å². The van der Waals surface area contributed by atoms with Crippen LogP contribution in [-0.2, 0) is 13.1 Å². The topological polar surface area (TPSA) is 71.5 Å². The highest BCUT2D eigenvalue weighted by molar-refractivity contribution is 9.10. The SMILES string of the molecule is Brc1cnn2c(NCc3cccnc3)cc(C3CCCN(Cc4cc5ccccc5o4)C3)nc12. The number of para-hydroxylation sites is 1. The molecule has 0 bridgehead atoms. The van der Waals surface area contributed by atoms with Crippen LogP contribution in [0.5, 0.6) is 0 Å². The zero-order valence-electron chi connectivity index (χ0n) is 18.7. The minimum atomic E-state index is 0.351. The van der Waals surface area contributed by atoms with Gasteiger partial charge in [0.05, 0.1) is 22.9 Å². The van der Waals surface area contributed by atoms with Crippen LogP contribution in [0.15, 0.2) is 76.0 Å². The average Bonchev–Trinajstić information content (AvgIpc) is 3.46. The van der Waals surface area contributed by atoms with Gasteiger partial charge in [0.2, 0.25) is 0 Å². The fraction of sp³-hybridized carbons (Fsp3) is 0.269. The lowest BCUT2D eigenvalue weighted by molar-refractivity contribution is 0.186. The first kappa shape index (κ1) is 21.3. The van der Waals surface area contributed by atoms with Gasteiger partial charge < -0.3 is 9.73 Å². The molecule has 1 saturated heterocycles. The Kier molecular flexibility index (Phi) is 5.76. The van der Waals surface area contributed by atoms with Crippen molar-refractivity contribution in [2.75, 3.05) is 18.4 Å². The monoisotopic (exact) mass is 516 g/mol. The fourth-order valence-electron chi connectivity index (χ4n) is 4.76. The first-order chi connectivity index (χ1) is 16.7. The third-order valence-electron chi connectivity index (χ3n) is 6.42. The lowest BCUT2D eigenvalue weighted by atomic mass is 9.94. The van der Waals surface area contributed by atoms with E-state index >= 15 is 0 Å². The summed E-state index contributed by atoms with van der Waals surface area (Å²) in [6.45, 7) is 3.51. The van der Waals surface area contributed by atoms with Crippen LogP contribution in [0.4, 0.5) is 5.82 Å². The third-order valence-corrected chi connectivity index (χ3v) is 6.98. The van der Waals surface area contributed by atoms with Crippen molar-refractivity contribution >= 4 is 38.4 Å². The van der Waals surface area contributed by atoms with Gasteiger partial charge in [-0.1, -0.05) is 24.3 Å². The second-order valence-corrected chi connectivity index (χ2v) is 9.69. The molecule has 7 nitrogen and oxygen atoms in total. The second kappa shape index (κ2) is 9.19. The number of hydrogen-bond acceptors (Lipinski definition) is 6. The molecule has 5 heterocycles. The molecule has 0 radical (unpaired) electrons. The third kappa shape index (κ3) is 4.31. The average molecular weight is 517 g/mol. The summed E-state index contributed by atoms with van der Waals surface area (Å²) in [6.07, 6.45) is 7.72. The molecule has 1 fully saturated rings. The molecule has 0 amide bonds. The highest BCUT2D eigenvalue weighted by Crippen LogP contribution is 2.31. The van der Waals surface area contributed by atoms with E-state index < -0.39 is 0 Å². The predicted octanol–water partition coefficient (Wildman–Crippen LogP) is 5.62. The largest absolute Gasteiger partial charge is 0.460 e. The van der Waals surface area contributed by atoms with Crippen LogP contribution in [0, 0.1) is 0 Å². The molecule has 5 aromatic rings. The van der Waals surface area contributed by atoms with E-state index in [0.29, 0.717) is 12.5 Å². The van der Waals surface area contributed by atoms with Crippen molar-refractivity contribution in [2.24, 2.45) is 0 Å². The molecule has 1 aliphatic heterocycles. The quantitative estimate of drug-likeness (QED) is 0.315. The molecule has 172 valence electrons. The molecule has 0 aliphatic carbocycles. The summed E-state index contributed by atoms with van der Waals surface area (Å²) in [4.78, 5) is 11.7. The van der Waals surface area contributed by atoms with Crippen LogP contribution in [0.1, 0.15) is 35.8 Å². The minimum absolute atomic E-state index is 0.351. The molecule has 0 spiro atoms. The molecule has 1 N–H and O–H groups in total. The molecule has 8 heteroatoms. The Bertz CT molecular complexity index is 1400. The zero-order chi connectivity index (χ0) is 22.9. The molecular formula is C26H25BrN6O. The fourth-order valence-corrected chi connectivity index (χ4v) is 5.11. The van der Waals surface area contributed by atoms with Gasteiger partial charge in [-0.2, -0.15) is 9.61 Å². The van der Waals surface area contributed by atoms with E-state index in [0.717, 1.165) is 76.4 Å². The van der Waals surface area contributed by atoms with Gasteiger partial charge in [0.1, 0.15) is 17.2 Å². The highest BCUT2D eigenvalue weighted by Gasteiger charge is 2.25. The van der Waals surface area contributed by atoms with Gasteiger partial charge in [-0.3, -0.25) is 9.88 Å². The van der Waals surface area contributed by atoms with Gasteiger partial charge in [0.15, 0.2) is 5.65 Å². The molecule has 6 rings (SSSR count). The van der Waals surface area contributed by atoms with E-state index in [-0.39, 0.29) is 0 Å². The number of rotatable bonds is 6. The van der Waals surface area contributed by atoms with Crippen LogP contribution in [0.2, 0.25) is 0 Å². The van der Waals surface area contributed by atoms with Crippen molar-refractivity contribution in [3.8, 4) is 0 Å². The maximum absolute atomic E-state index is 6.08. The summed E-state index contributed by atoms with van der Waals surface area (Å²) in [5, 5.41) is 9.21. The zero-order valence-corrected chi connectivity index (χ0v) is 20.3.